The fraction of sp³-hybridized carbons (Fsp3) is 0.720. The number of likely N-dealkylation sites (tertiary alicyclic amines) is 1. The van der Waals surface area contributed by atoms with Gasteiger partial charge in [0, 0.05) is 28.0 Å². The molecule has 0 radical (unpaired) electrons. The zero-order chi connectivity index (χ0) is 21.8. The molecule has 30 heavy (non-hydrogen) atoms. The number of rotatable bonds is 1. The molecule has 1 N–H and O–H groups in total. The number of hydrogen-bond donors (Lipinski definition) is 1. The van der Waals surface area contributed by atoms with Gasteiger partial charge < -0.3 is 14.9 Å². The molecule has 5 heteroatoms. The van der Waals surface area contributed by atoms with E-state index in [-0.39, 0.29) is 34.3 Å². The number of carbonyl (C=O) groups excluding carboxylic acids is 1. The normalized spacial score (nSPS) is 22.3. The molecular weight excluding hydrogens is 392 g/mol. The predicted molar refractivity (Wildman–Crippen MR) is 130 cm³/mol. The first-order valence-electron chi connectivity index (χ1n) is 10.8. The Kier molecular flexibility index (Phi) is 7.00. The van der Waals surface area contributed by atoms with Gasteiger partial charge in [-0.05, 0) is 62.9 Å². The van der Waals surface area contributed by atoms with Crippen molar-refractivity contribution >= 4 is 17.7 Å². The molecular formula is C25H42N2O2S. The van der Waals surface area contributed by atoms with Crippen LogP contribution in [-0.4, -0.2) is 57.6 Å². The molecule has 1 unspecified atom stereocenters. The molecule has 2 heterocycles. The minimum atomic E-state index is -0.235. The monoisotopic (exact) mass is 434 g/mol. The van der Waals surface area contributed by atoms with Crippen LogP contribution < -0.4 is 0 Å². The summed E-state index contributed by atoms with van der Waals surface area (Å²) in [6.07, 6.45) is 2.27. The summed E-state index contributed by atoms with van der Waals surface area (Å²) in [4.78, 5) is 18.1. The maximum atomic E-state index is 13.6. The van der Waals surface area contributed by atoms with Crippen LogP contribution in [0, 0.1) is 0 Å². The molecule has 170 valence electrons. The zero-order valence-electron chi connectivity index (χ0n) is 19.4. The third kappa shape index (κ3) is 4.83. The maximum absolute atomic E-state index is 13.6. The number of thioether (sulfide) groups is 1. The highest BCUT2D eigenvalue weighted by molar-refractivity contribution is 8.01. The summed E-state index contributed by atoms with van der Waals surface area (Å²) in [6.45, 7) is 17.7. The minimum absolute atomic E-state index is 0. The molecule has 1 aromatic rings. The van der Waals surface area contributed by atoms with Gasteiger partial charge in [-0.1, -0.05) is 49.0 Å². The van der Waals surface area contributed by atoms with Crippen LogP contribution in [0.15, 0.2) is 12.1 Å². The van der Waals surface area contributed by atoms with Gasteiger partial charge in [0.05, 0.1) is 5.37 Å². The summed E-state index contributed by atoms with van der Waals surface area (Å²) < 4.78 is 0.193. The standard InChI is InChI=1S/C24H38N2O2S.CH4/c1-16-26(15-24(29-16)9-11-25(8)12-10-24)21(28)17-13-18(22(2,3)4)20(27)19(14-17)23(5,6)7;/h13-14,16,27H,9-12,15H2,1-8H3;1H4. The fourth-order valence-corrected chi connectivity index (χ4v) is 6.16. The summed E-state index contributed by atoms with van der Waals surface area (Å²) in [5.41, 5.74) is 1.93. The summed E-state index contributed by atoms with van der Waals surface area (Å²) >= 11 is 1.97. The van der Waals surface area contributed by atoms with E-state index in [2.05, 4.69) is 65.3 Å². The molecule has 4 nitrogen and oxygen atoms in total. The zero-order valence-corrected chi connectivity index (χ0v) is 20.2. The molecule has 1 atom stereocenters. The molecule has 1 aromatic carbocycles. The Morgan fingerprint density at radius 3 is 1.97 bits per heavy atom. The summed E-state index contributed by atoms with van der Waals surface area (Å²) in [6, 6.07) is 3.84. The Bertz CT molecular complexity index is 748. The minimum Gasteiger partial charge on any atom is -0.507 e. The highest BCUT2D eigenvalue weighted by Crippen LogP contribution is 2.47. The molecule has 1 amide bonds. The average Bonchev–Trinajstić information content (AvgIpc) is 2.91. The lowest BCUT2D eigenvalue weighted by Gasteiger charge is -2.36. The van der Waals surface area contributed by atoms with Crippen molar-refractivity contribution in [1.29, 1.82) is 0 Å². The molecule has 0 aliphatic carbocycles. The molecule has 0 bridgehead atoms. The van der Waals surface area contributed by atoms with Crippen molar-refractivity contribution in [2.24, 2.45) is 0 Å². The largest absolute Gasteiger partial charge is 0.507 e. The lowest BCUT2D eigenvalue weighted by Crippen LogP contribution is -2.44. The second-order valence-electron chi connectivity index (χ2n) is 11.1. The first kappa shape index (κ1) is 25.1. The van der Waals surface area contributed by atoms with Gasteiger partial charge >= 0.3 is 0 Å². The van der Waals surface area contributed by atoms with Crippen LogP contribution in [0.4, 0.5) is 0 Å². The highest BCUT2D eigenvalue weighted by Gasteiger charge is 2.46. The maximum Gasteiger partial charge on any atom is 0.254 e. The topological polar surface area (TPSA) is 43.8 Å². The van der Waals surface area contributed by atoms with Gasteiger partial charge in [0.1, 0.15) is 5.75 Å². The van der Waals surface area contributed by atoms with Crippen LogP contribution in [-0.2, 0) is 10.8 Å². The van der Waals surface area contributed by atoms with Crippen molar-refractivity contribution in [3.63, 3.8) is 0 Å². The number of carbonyl (C=O) groups is 1. The van der Waals surface area contributed by atoms with Gasteiger partial charge in [-0.25, -0.2) is 0 Å². The number of nitrogens with zero attached hydrogens (tertiary/aromatic N) is 2. The summed E-state index contributed by atoms with van der Waals surface area (Å²) in [5, 5.41) is 11.2. The molecule has 1 spiro atoms. The molecule has 2 saturated heterocycles. The van der Waals surface area contributed by atoms with Crippen molar-refractivity contribution in [3.8, 4) is 5.75 Å². The quantitative estimate of drug-likeness (QED) is 0.623. The number of amides is 1. The van der Waals surface area contributed by atoms with Gasteiger partial charge in [-0.3, -0.25) is 4.79 Å². The number of phenolic OH excluding ortho intramolecular Hbond substituents is 1. The van der Waals surface area contributed by atoms with Gasteiger partial charge in [0.15, 0.2) is 0 Å². The lowest BCUT2D eigenvalue weighted by atomic mass is 9.78. The van der Waals surface area contributed by atoms with E-state index >= 15 is 0 Å². The molecule has 2 aliphatic heterocycles. The van der Waals surface area contributed by atoms with Crippen molar-refractivity contribution < 1.29 is 9.90 Å². The van der Waals surface area contributed by atoms with Crippen molar-refractivity contribution in [1.82, 2.24) is 9.80 Å². The molecule has 2 aliphatic rings. The Labute approximate surface area is 188 Å². The third-order valence-electron chi connectivity index (χ3n) is 6.45. The van der Waals surface area contributed by atoms with E-state index in [4.69, 9.17) is 0 Å². The first-order chi connectivity index (χ1) is 13.2. The smallest absolute Gasteiger partial charge is 0.254 e. The van der Waals surface area contributed by atoms with E-state index in [9.17, 15) is 9.90 Å². The number of piperidine rings is 1. The molecule has 3 rings (SSSR count). The Balaban J connectivity index is 0.00000320. The van der Waals surface area contributed by atoms with E-state index in [0.29, 0.717) is 11.3 Å². The van der Waals surface area contributed by atoms with E-state index in [1.54, 1.807) is 0 Å². The van der Waals surface area contributed by atoms with Gasteiger partial charge in [-0.15, -0.1) is 11.8 Å². The van der Waals surface area contributed by atoms with E-state index in [0.717, 1.165) is 43.6 Å². The van der Waals surface area contributed by atoms with Crippen molar-refractivity contribution in [3.05, 3.63) is 28.8 Å². The predicted octanol–water partition coefficient (Wildman–Crippen LogP) is 5.62. The summed E-state index contributed by atoms with van der Waals surface area (Å²) in [7, 11) is 2.18. The SMILES string of the molecule is C.CC1SC2(CCN(C)CC2)CN1C(=O)c1cc(C(C)(C)C)c(O)c(C(C)(C)C)c1. The molecule has 2 fully saturated rings. The van der Waals surface area contributed by atoms with Crippen LogP contribution in [0.2, 0.25) is 0 Å². The van der Waals surface area contributed by atoms with Crippen LogP contribution in [0.5, 0.6) is 5.75 Å². The first-order valence-corrected chi connectivity index (χ1v) is 11.7. The van der Waals surface area contributed by atoms with Gasteiger partial charge in [0.2, 0.25) is 0 Å². The van der Waals surface area contributed by atoms with Crippen molar-refractivity contribution in [2.45, 2.75) is 89.7 Å². The van der Waals surface area contributed by atoms with E-state index in [1.807, 2.05) is 23.9 Å². The second kappa shape index (κ2) is 8.38. The van der Waals surface area contributed by atoms with Crippen LogP contribution >= 0.6 is 11.8 Å². The number of hydrogen-bond acceptors (Lipinski definition) is 4. The van der Waals surface area contributed by atoms with Gasteiger partial charge in [-0.2, -0.15) is 0 Å². The van der Waals surface area contributed by atoms with Gasteiger partial charge in [0.25, 0.3) is 5.91 Å². The van der Waals surface area contributed by atoms with Crippen LogP contribution in [0.1, 0.15) is 90.2 Å². The van der Waals surface area contributed by atoms with Crippen molar-refractivity contribution in [2.75, 3.05) is 26.7 Å². The molecule has 0 aromatic heterocycles. The Morgan fingerprint density at radius 2 is 1.53 bits per heavy atom. The Morgan fingerprint density at radius 1 is 1.07 bits per heavy atom. The number of benzene rings is 1. The lowest BCUT2D eigenvalue weighted by molar-refractivity contribution is 0.0735. The number of phenols is 1. The van der Waals surface area contributed by atoms with Crippen LogP contribution in [0.25, 0.3) is 0 Å². The Hall–Kier alpha value is -1.20. The second-order valence-corrected chi connectivity index (χ2v) is 12.8. The van der Waals surface area contributed by atoms with Crippen LogP contribution in [0.3, 0.4) is 0 Å². The highest BCUT2D eigenvalue weighted by atomic mass is 32.2. The third-order valence-corrected chi connectivity index (χ3v) is 8.08. The average molecular weight is 435 g/mol. The summed E-state index contributed by atoms with van der Waals surface area (Å²) in [5.74, 6) is 0.425. The van der Waals surface area contributed by atoms with E-state index in [1.165, 1.54) is 0 Å². The van der Waals surface area contributed by atoms with E-state index < -0.39 is 0 Å². The fourth-order valence-electron chi connectivity index (χ4n) is 4.51. The molecule has 0 saturated carbocycles. The number of aromatic hydroxyl groups is 1.